The summed E-state index contributed by atoms with van der Waals surface area (Å²) in [5.41, 5.74) is 1.55. The Morgan fingerprint density at radius 1 is 1.28 bits per heavy atom. The molecule has 0 bridgehead atoms. The highest BCUT2D eigenvalue weighted by molar-refractivity contribution is 7.16. The van der Waals surface area contributed by atoms with Crippen LogP contribution in [0.4, 0.5) is 4.79 Å². The maximum absolute atomic E-state index is 12.7. The maximum atomic E-state index is 12.7. The quantitative estimate of drug-likeness (QED) is 0.678. The van der Waals surface area contributed by atoms with Crippen molar-refractivity contribution in [2.24, 2.45) is 0 Å². The predicted octanol–water partition coefficient (Wildman–Crippen LogP) is 5.39. The van der Waals surface area contributed by atoms with Crippen molar-refractivity contribution in [1.82, 2.24) is 15.1 Å². The molecule has 0 saturated carbocycles. The second-order valence-electron chi connectivity index (χ2n) is 7.42. The normalized spacial score (nSPS) is 16.3. The first-order valence-electron chi connectivity index (χ1n) is 9.52. The van der Waals surface area contributed by atoms with Gasteiger partial charge in [0.25, 0.3) is 0 Å². The maximum Gasteiger partial charge on any atom is 0.317 e. The van der Waals surface area contributed by atoms with Crippen molar-refractivity contribution < 1.29 is 4.79 Å². The van der Waals surface area contributed by atoms with Crippen LogP contribution in [0, 0.1) is 11.3 Å². The van der Waals surface area contributed by atoms with Gasteiger partial charge in [-0.05, 0) is 57.6 Å². The molecule has 2 aromatic rings. The molecule has 0 aliphatic carbocycles. The number of likely N-dealkylation sites (tertiary alicyclic amines) is 1. The number of urea groups is 1. The number of benzene rings is 1. The van der Waals surface area contributed by atoms with Crippen molar-refractivity contribution in [1.29, 1.82) is 5.26 Å². The van der Waals surface area contributed by atoms with Crippen LogP contribution in [0.3, 0.4) is 0 Å². The lowest BCUT2D eigenvalue weighted by Crippen LogP contribution is -2.48. The van der Waals surface area contributed by atoms with Crippen molar-refractivity contribution in [3.63, 3.8) is 0 Å². The van der Waals surface area contributed by atoms with Crippen molar-refractivity contribution in [2.75, 3.05) is 27.2 Å². The van der Waals surface area contributed by atoms with E-state index in [0.717, 1.165) is 41.9 Å². The van der Waals surface area contributed by atoms with Crippen molar-refractivity contribution >= 4 is 40.6 Å². The summed E-state index contributed by atoms with van der Waals surface area (Å²) < 4.78 is 0. The van der Waals surface area contributed by atoms with Crippen molar-refractivity contribution in [2.45, 2.75) is 31.8 Å². The molecule has 1 atom stereocenters. The number of carbonyl (C=O) groups is 1. The molecule has 2 amide bonds. The molecule has 1 saturated heterocycles. The molecular weight excluding hydrogens is 427 g/mol. The van der Waals surface area contributed by atoms with Crippen LogP contribution >= 0.6 is 34.5 Å². The van der Waals surface area contributed by atoms with Gasteiger partial charge in [-0.2, -0.15) is 5.26 Å². The minimum atomic E-state index is -0.284. The van der Waals surface area contributed by atoms with Crippen LogP contribution in [-0.2, 0) is 0 Å². The summed E-state index contributed by atoms with van der Waals surface area (Å²) in [5, 5.41) is 12.9. The lowest BCUT2D eigenvalue weighted by atomic mass is 10.0. The fraction of sp³-hybridized carbons (Fsp3) is 0.429. The highest BCUT2D eigenvalue weighted by Crippen LogP contribution is 2.40. The van der Waals surface area contributed by atoms with Crippen LogP contribution in [0.25, 0.3) is 10.4 Å². The topological polar surface area (TPSA) is 59.4 Å². The van der Waals surface area contributed by atoms with Gasteiger partial charge in [0.15, 0.2) is 0 Å². The van der Waals surface area contributed by atoms with Gasteiger partial charge in [0.05, 0.1) is 16.1 Å². The number of hydrogen-bond acceptors (Lipinski definition) is 4. The second kappa shape index (κ2) is 9.36. The summed E-state index contributed by atoms with van der Waals surface area (Å²) in [5.74, 6) is 0. The van der Waals surface area contributed by atoms with Crippen LogP contribution in [0.1, 0.15) is 36.2 Å². The van der Waals surface area contributed by atoms with E-state index in [4.69, 9.17) is 28.5 Å². The van der Waals surface area contributed by atoms with Crippen molar-refractivity contribution in [3.8, 4) is 16.5 Å². The Morgan fingerprint density at radius 2 is 1.97 bits per heavy atom. The first-order valence-corrected chi connectivity index (χ1v) is 11.1. The average molecular weight is 451 g/mol. The number of hydrogen-bond donors (Lipinski definition) is 1. The number of nitrogens with one attached hydrogen (secondary N) is 1. The molecule has 1 aliphatic heterocycles. The predicted molar refractivity (Wildman–Crippen MR) is 120 cm³/mol. The van der Waals surface area contributed by atoms with Gasteiger partial charge < -0.3 is 15.1 Å². The fourth-order valence-corrected chi connectivity index (χ4v) is 5.04. The summed E-state index contributed by atoms with van der Waals surface area (Å²) in [6, 6.07) is 9.38. The Hall–Kier alpha value is -1.78. The minimum absolute atomic E-state index is 0.111. The van der Waals surface area contributed by atoms with Gasteiger partial charge in [-0.3, -0.25) is 0 Å². The molecule has 1 fully saturated rings. The lowest BCUT2D eigenvalue weighted by molar-refractivity contribution is 0.146. The summed E-state index contributed by atoms with van der Waals surface area (Å²) in [4.78, 5) is 18.3. The highest BCUT2D eigenvalue weighted by Gasteiger charge is 2.25. The van der Waals surface area contributed by atoms with Crippen LogP contribution < -0.4 is 5.32 Å². The van der Waals surface area contributed by atoms with Gasteiger partial charge in [0.1, 0.15) is 10.9 Å². The minimum Gasteiger partial charge on any atom is -0.331 e. The zero-order chi connectivity index (χ0) is 21.1. The summed E-state index contributed by atoms with van der Waals surface area (Å²) in [7, 11) is 3.95. The van der Waals surface area contributed by atoms with Crippen LogP contribution in [0.15, 0.2) is 24.3 Å². The van der Waals surface area contributed by atoms with E-state index >= 15 is 0 Å². The van der Waals surface area contributed by atoms with E-state index in [0.29, 0.717) is 14.9 Å². The Balaban J connectivity index is 1.72. The molecule has 1 aromatic heterocycles. The standard InChI is InChI=1S/C21H24Cl2N4OS/c1-13(25-21(28)27(3)14-8-10-26(2)11-9-14)16-5-6-17(20(23)19(16)22)18-7-4-15(12-24)29-18/h4-7,13-14H,8-11H2,1-3H3,(H,25,28). The number of amides is 2. The average Bonchev–Trinajstić information content (AvgIpc) is 3.18. The van der Waals surface area contributed by atoms with Crippen molar-refractivity contribution in [3.05, 3.63) is 44.8 Å². The second-order valence-corrected chi connectivity index (χ2v) is 9.26. The molecule has 154 valence electrons. The van der Waals surface area contributed by atoms with Gasteiger partial charge in [0, 0.05) is 23.5 Å². The number of nitrogens with zero attached hydrogens (tertiary/aromatic N) is 3. The summed E-state index contributed by atoms with van der Waals surface area (Å²) in [6.45, 7) is 3.89. The van der Waals surface area contributed by atoms with Gasteiger partial charge in [0.2, 0.25) is 0 Å². The van der Waals surface area contributed by atoms with E-state index in [1.165, 1.54) is 11.3 Å². The SMILES string of the molecule is CC(NC(=O)N(C)C1CCN(C)CC1)c1ccc(-c2ccc(C#N)s2)c(Cl)c1Cl. The molecule has 8 heteroatoms. The van der Waals surface area contributed by atoms with E-state index in [1.807, 2.05) is 32.2 Å². The molecule has 0 spiro atoms. The number of thiophene rings is 1. The smallest absolute Gasteiger partial charge is 0.317 e. The van der Waals surface area contributed by atoms with Gasteiger partial charge in [-0.15, -0.1) is 11.3 Å². The van der Waals surface area contributed by atoms with Gasteiger partial charge in [-0.1, -0.05) is 35.3 Å². The third-order valence-corrected chi connectivity index (χ3v) is 7.38. The first kappa shape index (κ1) is 21.9. The molecular formula is C21H24Cl2N4OS. The summed E-state index contributed by atoms with van der Waals surface area (Å²) in [6.07, 6.45) is 1.95. The van der Waals surface area contributed by atoms with E-state index in [9.17, 15) is 4.79 Å². The number of carbonyl (C=O) groups excluding carboxylic acids is 1. The van der Waals surface area contributed by atoms with Gasteiger partial charge >= 0.3 is 6.03 Å². The molecule has 3 rings (SSSR count). The fourth-order valence-electron chi connectivity index (χ4n) is 3.54. The molecule has 2 heterocycles. The highest BCUT2D eigenvalue weighted by atomic mass is 35.5. The molecule has 5 nitrogen and oxygen atoms in total. The lowest BCUT2D eigenvalue weighted by Gasteiger charge is -2.35. The third kappa shape index (κ3) is 4.87. The van der Waals surface area contributed by atoms with Gasteiger partial charge in [-0.25, -0.2) is 4.79 Å². The number of nitriles is 1. The number of piperidine rings is 1. The van der Waals surface area contributed by atoms with E-state index in [-0.39, 0.29) is 18.1 Å². The Morgan fingerprint density at radius 3 is 2.59 bits per heavy atom. The zero-order valence-electron chi connectivity index (χ0n) is 16.7. The van der Waals surface area contributed by atoms with E-state index in [2.05, 4.69) is 23.3 Å². The summed E-state index contributed by atoms with van der Waals surface area (Å²) >= 11 is 14.4. The Labute approximate surface area is 185 Å². The number of halogens is 2. The zero-order valence-corrected chi connectivity index (χ0v) is 19.0. The molecule has 1 aliphatic rings. The van der Waals surface area contributed by atoms with E-state index in [1.54, 1.807) is 11.0 Å². The monoisotopic (exact) mass is 450 g/mol. The number of rotatable bonds is 4. The van der Waals surface area contributed by atoms with Crippen LogP contribution in [-0.4, -0.2) is 49.1 Å². The molecule has 1 N–H and O–H groups in total. The largest absolute Gasteiger partial charge is 0.331 e. The van der Waals surface area contributed by atoms with Crippen LogP contribution in [0.5, 0.6) is 0 Å². The Kier molecular flexibility index (Phi) is 7.07. The van der Waals surface area contributed by atoms with Crippen LogP contribution in [0.2, 0.25) is 10.0 Å². The molecule has 0 radical (unpaired) electrons. The molecule has 1 aromatic carbocycles. The molecule has 1 unspecified atom stereocenters. The third-order valence-electron chi connectivity index (χ3n) is 5.46. The van der Waals surface area contributed by atoms with E-state index < -0.39 is 0 Å². The Bertz CT molecular complexity index is 931. The first-order chi connectivity index (χ1) is 13.8. The molecule has 29 heavy (non-hydrogen) atoms.